The van der Waals surface area contributed by atoms with E-state index in [1.807, 2.05) is 0 Å². The summed E-state index contributed by atoms with van der Waals surface area (Å²) < 4.78 is 0. The van der Waals surface area contributed by atoms with E-state index in [0.717, 1.165) is 0 Å². The second kappa shape index (κ2) is 5.27. The van der Waals surface area contributed by atoms with Crippen LogP contribution >= 0.6 is 0 Å². The summed E-state index contributed by atoms with van der Waals surface area (Å²) in [6, 6.07) is -0.712. The number of aliphatic hydroxyl groups excluding tert-OH is 2. The van der Waals surface area contributed by atoms with Gasteiger partial charge >= 0.3 is 0 Å². The van der Waals surface area contributed by atoms with Crippen molar-refractivity contribution in [2.45, 2.75) is 44.4 Å². The molecule has 4 N–H and O–H groups in total. The fourth-order valence-corrected chi connectivity index (χ4v) is 1.84. The van der Waals surface area contributed by atoms with Gasteiger partial charge in [-0.15, -0.1) is 0 Å². The van der Waals surface area contributed by atoms with E-state index in [1.54, 1.807) is 6.92 Å². The molecular formula is C10H18N2O4. The van der Waals surface area contributed by atoms with Crippen LogP contribution in [0.1, 0.15) is 26.2 Å². The molecule has 0 aromatic heterocycles. The lowest BCUT2D eigenvalue weighted by atomic mass is 10.1. The fraction of sp³-hybridized carbons (Fsp3) is 0.800. The first-order valence-corrected chi connectivity index (χ1v) is 5.36. The Kier molecular flexibility index (Phi) is 4.26. The van der Waals surface area contributed by atoms with Crippen molar-refractivity contribution >= 4 is 11.8 Å². The lowest BCUT2D eigenvalue weighted by Crippen LogP contribution is -2.43. The topological polar surface area (TPSA) is 104 Å². The quantitative estimate of drug-likeness (QED) is 0.552. The van der Waals surface area contributed by atoms with Crippen LogP contribution in [0.3, 0.4) is 0 Å². The Morgan fingerprint density at radius 1 is 1.56 bits per heavy atom. The summed E-state index contributed by atoms with van der Waals surface area (Å²) in [5.41, 5.74) is 5.15. The number of primary amides is 1. The maximum atomic E-state index is 11.7. The van der Waals surface area contributed by atoms with E-state index in [4.69, 9.17) is 10.8 Å². The molecule has 92 valence electrons. The minimum atomic E-state index is -0.712. The lowest BCUT2D eigenvalue weighted by molar-refractivity contribution is -0.137. The smallest absolute Gasteiger partial charge is 0.240 e. The number of rotatable bonds is 4. The van der Waals surface area contributed by atoms with Gasteiger partial charge in [0.05, 0.1) is 12.2 Å². The number of likely N-dealkylation sites (tertiary alicyclic amines) is 1. The van der Waals surface area contributed by atoms with Gasteiger partial charge in [-0.2, -0.15) is 0 Å². The van der Waals surface area contributed by atoms with Crippen LogP contribution in [0, 0.1) is 0 Å². The van der Waals surface area contributed by atoms with E-state index in [-0.39, 0.29) is 25.3 Å². The van der Waals surface area contributed by atoms with Crippen molar-refractivity contribution in [2.24, 2.45) is 5.73 Å². The molecule has 0 aliphatic carbocycles. The van der Waals surface area contributed by atoms with Crippen LogP contribution in [0.25, 0.3) is 0 Å². The summed E-state index contributed by atoms with van der Waals surface area (Å²) in [4.78, 5) is 24.1. The van der Waals surface area contributed by atoms with Crippen LogP contribution in [-0.4, -0.2) is 51.7 Å². The van der Waals surface area contributed by atoms with E-state index in [1.165, 1.54) is 4.90 Å². The summed E-state index contributed by atoms with van der Waals surface area (Å²) in [5.74, 6) is -0.844. The molecular weight excluding hydrogens is 212 g/mol. The van der Waals surface area contributed by atoms with Gasteiger partial charge in [0, 0.05) is 19.4 Å². The second-order valence-electron chi connectivity index (χ2n) is 4.24. The lowest BCUT2D eigenvalue weighted by Gasteiger charge is -2.22. The number of amides is 2. The van der Waals surface area contributed by atoms with Crippen LogP contribution in [0.15, 0.2) is 0 Å². The SMILES string of the molecule is CC(O)CCC(=O)N1CC(O)CC1C(N)=O. The molecule has 0 aromatic carbocycles. The number of nitrogens with two attached hydrogens (primary N) is 1. The Labute approximate surface area is 94.0 Å². The van der Waals surface area contributed by atoms with Crippen molar-refractivity contribution < 1.29 is 19.8 Å². The molecule has 1 aliphatic heterocycles. The van der Waals surface area contributed by atoms with Crippen molar-refractivity contribution in [3.63, 3.8) is 0 Å². The molecule has 0 bridgehead atoms. The maximum absolute atomic E-state index is 11.7. The van der Waals surface area contributed by atoms with Crippen molar-refractivity contribution in [3.05, 3.63) is 0 Å². The van der Waals surface area contributed by atoms with Crippen LogP contribution in [-0.2, 0) is 9.59 Å². The van der Waals surface area contributed by atoms with E-state index < -0.39 is 24.2 Å². The predicted octanol–water partition coefficient (Wildman–Crippen LogP) is -1.41. The highest BCUT2D eigenvalue weighted by molar-refractivity contribution is 5.87. The van der Waals surface area contributed by atoms with E-state index in [9.17, 15) is 14.7 Å². The highest BCUT2D eigenvalue weighted by Crippen LogP contribution is 2.19. The maximum Gasteiger partial charge on any atom is 0.240 e. The van der Waals surface area contributed by atoms with E-state index >= 15 is 0 Å². The number of hydrogen-bond acceptors (Lipinski definition) is 4. The normalized spacial score (nSPS) is 26.8. The number of carbonyl (C=O) groups excluding carboxylic acids is 2. The monoisotopic (exact) mass is 230 g/mol. The minimum Gasteiger partial charge on any atom is -0.393 e. The number of hydrogen-bond donors (Lipinski definition) is 3. The summed E-state index contributed by atoms with van der Waals surface area (Å²) in [7, 11) is 0. The molecule has 6 nitrogen and oxygen atoms in total. The highest BCUT2D eigenvalue weighted by atomic mass is 16.3. The van der Waals surface area contributed by atoms with Gasteiger partial charge < -0.3 is 20.8 Å². The first-order chi connectivity index (χ1) is 7.41. The average Bonchev–Trinajstić information content (AvgIpc) is 2.56. The first-order valence-electron chi connectivity index (χ1n) is 5.36. The van der Waals surface area contributed by atoms with Gasteiger partial charge in [0.15, 0.2) is 0 Å². The molecule has 1 fully saturated rings. The Balaban J connectivity index is 2.56. The molecule has 1 aliphatic rings. The van der Waals surface area contributed by atoms with Gasteiger partial charge in [-0.25, -0.2) is 0 Å². The van der Waals surface area contributed by atoms with Gasteiger partial charge in [-0.1, -0.05) is 0 Å². The summed E-state index contributed by atoms with van der Waals surface area (Å²) >= 11 is 0. The molecule has 0 saturated carbocycles. The molecule has 0 radical (unpaired) electrons. The highest BCUT2D eigenvalue weighted by Gasteiger charge is 2.37. The second-order valence-corrected chi connectivity index (χ2v) is 4.24. The molecule has 1 rings (SSSR count). The third kappa shape index (κ3) is 3.18. The molecule has 1 heterocycles. The van der Waals surface area contributed by atoms with Crippen LogP contribution in [0.2, 0.25) is 0 Å². The molecule has 0 aromatic rings. The van der Waals surface area contributed by atoms with Crippen molar-refractivity contribution in [1.82, 2.24) is 4.90 Å². The largest absolute Gasteiger partial charge is 0.393 e. The van der Waals surface area contributed by atoms with Crippen molar-refractivity contribution in [1.29, 1.82) is 0 Å². The average molecular weight is 230 g/mol. The zero-order valence-electron chi connectivity index (χ0n) is 9.30. The van der Waals surface area contributed by atoms with Gasteiger partial charge in [0.2, 0.25) is 11.8 Å². The zero-order valence-corrected chi connectivity index (χ0v) is 9.30. The van der Waals surface area contributed by atoms with Gasteiger partial charge in [0.25, 0.3) is 0 Å². The summed E-state index contributed by atoms with van der Waals surface area (Å²) in [6.45, 7) is 1.74. The third-order valence-electron chi connectivity index (χ3n) is 2.70. The van der Waals surface area contributed by atoms with Crippen LogP contribution in [0.4, 0.5) is 0 Å². The zero-order chi connectivity index (χ0) is 12.3. The predicted molar refractivity (Wildman–Crippen MR) is 56.2 cm³/mol. The van der Waals surface area contributed by atoms with Gasteiger partial charge in [-0.3, -0.25) is 9.59 Å². The molecule has 3 atom stereocenters. The van der Waals surface area contributed by atoms with Crippen LogP contribution < -0.4 is 5.73 Å². The Morgan fingerprint density at radius 3 is 2.69 bits per heavy atom. The standard InChI is InChI=1S/C10H18N2O4/c1-6(13)2-3-9(15)12-5-7(14)4-8(12)10(11)16/h6-8,13-14H,2-5H2,1H3,(H2,11,16). The number of nitrogens with zero attached hydrogens (tertiary/aromatic N) is 1. The van der Waals surface area contributed by atoms with Gasteiger partial charge in [0.1, 0.15) is 6.04 Å². The summed E-state index contributed by atoms with van der Waals surface area (Å²) in [5, 5.41) is 18.5. The molecule has 6 heteroatoms. The minimum absolute atomic E-state index is 0.145. The number of β-amino-alcohol motifs (C(OH)–C–C–N with tert-alkyl or cyclic N) is 1. The molecule has 16 heavy (non-hydrogen) atoms. The van der Waals surface area contributed by atoms with Crippen molar-refractivity contribution in [2.75, 3.05) is 6.54 Å². The molecule has 0 spiro atoms. The van der Waals surface area contributed by atoms with Gasteiger partial charge in [-0.05, 0) is 13.3 Å². The van der Waals surface area contributed by atoms with Crippen LogP contribution in [0.5, 0.6) is 0 Å². The number of aliphatic hydroxyl groups is 2. The Bertz CT molecular complexity index is 280. The van der Waals surface area contributed by atoms with E-state index in [2.05, 4.69) is 0 Å². The van der Waals surface area contributed by atoms with Crippen molar-refractivity contribution in [3.8, 4) is 0 Å². The fourth-order valence-electron chi connectivity index (χ4n) is 1.84. The molecule has 3 unspecified atom stereocenters. The first kappa shape index (κ1) is 12.9. The summed E-state index contributed by atoms with van der Waals surface area (Å²) in [6.07, 6.45) is -0.530. The third-order valence-corrected chi connectivity index (χ3v) is 2.70. The van der Waals surface area contributed by atoms with E-state index in [0.29, 0.717) is 6.42 Å². The Morgan fingerprint density at radius 2 is 2.19 bits per heavy atom. The number of carbonyl (C=O) groups is 2. The molecule has 2 amide bonds. The molecule has 1 saturated heterocycles. The Hall–Kier alpha value is -1.14.